The summed E-state index contributed by atoms with van der Waals surface area (Å²) in [5.74, 6) is 2.44. The summed E-state index contributed by atoms with van der Waals surface area (Å²) in [6.07, 6.45) is 0.902. The van der Waals surface area contributed by atoms with Gasteiger partial charge in [-0.3, -0.25) is 4.68 Å². The number of hydrogen-bond acceptors (Lipinski definition) is 4. The highest BCUT2D eigenvalue weighted by molar-refractivity contribution is 8.00. The van der Waals surface area contributed by atoms with E-state index < -0.39 is 0 Å². The maximum absolute atomic E-state index is 5.99. The van der Waals surface area contributed by atoms with Gasteiger partial charge in [0, 0.05) is 42.2 Å². The molecular weight excluding hydrogens is 256 g/mol. The summed E-state index contributed by atoms with van der Waals surface area (Å²) in [7, 11) is 2.04. The highest BCUT2D eigenvalue weighted by Crippen LogP contribution is 2.34. The molecule has 0 radical (unpaired) electrons. The van der Waals surface area contributed by atoms with Gasteiger partial charge in [0.25, 0.3) is 0 Å². The second kappa shape index (κ2) is 5.37. The molecule has 0 bridgehead atoms. The fraction of sp³-hybridized carbons (Fsp3) is 0.786. The molecule has 1 aliphatic heterocycles. The third kappa shape index (κ3) is 3.26. The van der Waals surface area contributed by atoms with Crippen molar-refractivity contribution in [3.8, 4) is 0 Å². The van der Waals surface area contributed by atoms with Crippen LogP contribution in [0.3, 0.4) is 0 Å². The van der Waals surface area contributed by atoms with Crippen LogP contribution in [0.4, 0.5) is 5.82 Å². The quantitative estimate of drug-likeness (QED) is 0.920. The van der Waals surface area contributed by atoms with Crippen LogP contribution >= 0.6 is 11.8 Å². The van der Waals surface area contributed by atoms with Crippen LogP contribution in [0.2, 0.25) is 0 Å². The molecule has 1 aromatic heterocycles. The van der Waals surface area contributed by atoms with Gasteiger partial charge in [0.2, 0.25) is 0 Å². The molecule has 0 aromatic carbocycles. The van der Waals surface area contributed by atoms with Gasteiger partial charge in [-0.15, -0.1) is 0 Å². The highest BCUT2D eigenvalue weighted by atomic mass is 32.2. The molecule has 0 aliphatic carbocycles. The molecule has 1 fully saturated rings. The normalized spacial score (nSPS) is 20.6. The van der Waals surface area contributed by atoms with E-state index in [0.717, 1.165) is 25.2 Å². The molecule has 0 saturated carbocycles. The number of aromatic nitrogens is 2. The van der Waals surface area contributed by atoms with Crippen LogP contribution in [-0.4, -0.2) is 39.4 Å². The number of aryl methyl sites for hydroxylation is 2. The lowest BCUT2D eigenvalue weighted by Crippen LogP contribution is -2.44. The third-order valence-corrected chi connectivity index (χ3v) is 4.86. The van der Waals surface area contributed by atoms with Crippen molar-refractivity contribution in [2.24, 2.45) is 12.8 Å². The van der Waals surface area contributed by atoms with E-state index in [1.54, 1.807) is 0 Å². The van der Waals surface area contributed by atoms with Gasteiger partial charge < -0.3 is 10.6 Å². The molecule has 2 heterocycles. The molecule has 1 atom stereocenters. The smallest absolute Gasteiger partial charge is 0.130 e. The maximum Gasteiger partial charge on any atom is 0.130 e. The number of nitrogens with two attached hydrogens (primary N) is 1. The summed E-state index contributed by atoms with van der Waals surface area (Å²) in [6.45, 7) is 11.0. The summed E-state index contributed by atoms with van der Waals surface area (Å²) >= 11 is 2.06. The van der Waals surface area contributed by atoms with Crippen LogP contribution in [0.5, 0.6) is 0 Å². The molecule has 2 N–H and O–H groups in total. The summed E-state index contributed by atoms with van der Waals surface area (Å²) < 4.78 is 2.33. The van der Waals surface area contributed by atoms with Crippen LogP contribution in [0.25, 0.3) is 0 Å². The Bertz CT molecular complexity index is 451. The summed E-state index contributed by atoms with van der Waals surface area (Å²) in [6, 6.07) is 0.175. The first-order valence-electron chi connectivity index (χ1n) is 6.97. The molecule has 108 valence electrons. The first-order valence-corrected chi connectivity index (χ1v) is 7.95. The minimum atomic E-state index is 0.175. The zero-order valence-corrected chi connectivity index (χ0v) is 13.5. The van der Waals surface area contributed by atoms with Crippen LogP contribution in [0.1, 0.15) is 32.0 Å². The van der Waals surface area contributed by atoms with Crippen molar-refractivity contribution in [1.82, 2.24) is 9.78 Å². The van der Waals surface area contributed by atoms with Gasteiger partial charge in [0.1, 0.15) is 5.82 Å². The van der Waals surface area contributed by atoms with Gasteiger partial charge in [-0.25, -0.2) is 0 Å². The van der Waals surface area contributed by atoms with Crippen molar-refractivity contribution in [1.29, 1.82) is 0 Å². The van der Waals surface area contributed by atoms with Gasteiger partial charge in [0.15, 0.2) is 0 Å². The van der Waals surface area contributed by atoms with Gasteiger partial charge in [-0.1, -0.05) is 0 Å². The highest BCUT2D eigenvalue weighted by Gasteiger charge is 2.30. The summed E-state index contributed by atoms with van der Waals surface area (Å²) in [4.78, 5) is 2.48. The lowest BCUT2D eigenvalue weighted by molar-refractivity contribution is 0.617. The van der Waals surface area contributed by atoms with E-state index >= 15 is 0 Å². The van der Waals surface area contributed by atoms with Gasteiger partial charge >= 0.3 is 0 Å². The van der Waals surface area contributed by atoms with Crippen molar-refractivity contribution < 1.29 is 0 Å². The lowest BCUT2D eigenvalue weighted by Gasteiger charge is -2.39. The fourth-order valence-electron chi connectivity index (χ4n) is 2.84. The monoisotopic (exact) mass is 282 g/mol. The van der Waals surface area contributed by atoms with E-state index in [1.165, 1.54) is 17.1 Å². The fourth-order valence-corrected chi connectivity index (χ4v) is 3.95. The summed E-state index contributed by atoms with van der Waals surface area (Å²) in [5.41, 5.74) is 8.43. The Morgan fingerprint density at radius 1 is 1.47 bits per heavy atom. The number of rotatable bonds is 3. The zero-order chi connectivity index (χ0) is 14.2. The topological polar surface area (TPSA) is 47.1 Å². The Labute approximate surface area is 120 Å². The van der Waals surface area contributed by atoms with Crippen LogP contribution in [-0.2, 0) is 13.5 Å². The number of nitrogens with zero attached hydrogens (tertiary/aromatic N) is 3. The maximum atomic E-state index is 5.99. The standard InChI is InChI=1S/C14H26N4S/c1-10(15)8-12-11(2)16-17(5)13(12)18-6-7-19-14(3,4)9-18/h10H,6-9,15H2,1-5H3. The second-order valence-corrected chi connectivity index (χ2v) is 8.02. The van der Waals surface area contributed by atoms with Crippen molar-refractivity contribution in [2.75, 3.05) is 23.7 Å². The average molecular weight is 282 g/mol. The molecule has 5 heteroatoms. The second-order valence-electron chi connectivity index (χ2n) is 6.22. The average Bonchev–Trinajstić information content (AvgIpc) is 2.51. The number of thioether (sulfide) groups is 1. The largest absolute Gasteiger partial charge is 0.354 e. The molecule has 0 spiro atoms. The van der Waals surface area contributed by atoms with E-state index in [0.29, 0.717) is 4.75 Å². The predicted molar refractivity (Wildman–Crippen MR) is 84.0 cm³/mol. The Kier molecular flexibility index (Phi) is 4.16. The van der Waals surface area contributed by atoms with E-state index in [2.05, 4.69) is 49.5 Å². The molecule has 2 rings (SSSR count). The number of hydrogen-bond donors (Lipinski definition) is 1. The zero-order valence-electron chi connectivity index (χ0n) is 12.7. The van der Waals surface area contributed by atoms with Crippen molar-refractivity contribution in [3.63, 3.8) is 0 Å². The van der Waals surface area contributed by atoms with E-state index in [9.17, 15) is 0 Å². The van der Waals surface area contributed by atoms with Gasteiger partial charge in [0.05, 0.1) is 5.69 Å². The predicted octanol–water partition coefficient (Wildman–Crippen LogP) is 1.95. The lowest BCUT2D eigenvalue weighted by atomic mass is 10.1. The van der Waals surface area contributed by atoms with Crippen LogP contribution < -0.4 is 10.6 Å². The van der Waals surface area contributed by atoms with Crippen molar-refractivity contribution >= 4 is 17.6 Å². The molecule has 1 unspecified atom stereocenters. The minimum absolute atomic E-state index is 0.175. The van der Waals surface area contributed by atoms with Crippen molar-refractivity contribution in [2.45, 2.75) is 44.9 Å². The van der Waals surface area contributed by atoms with E-state index in [4.69, 9.17) is 5.73 Å². The Balaban J connectivity index is 2.32. The molecule has 4 nitrogen and oxygen atoms in total. The van der Waals surface area contributed by atoms with E-state index in [1.807, 2.05) is 11.7 Å². The minimum Gasteiger partial charge on any atom is -0.354 e. The third-order valence-electron chi connectivity index (χ3n) is 3.56. The first-order chi connectivity index (χ1) is 8.80. The molecule has 1 aromatic rings. The Hall–Kier alpha value is -0.680. The number of anilines is 1. The molecule has 19 heavy (non-hydrogen) atoms. The summed E-state index contributed by atoms with van der Waals surface area (Å²) in [5, 5.41) is 4.60. The van der Waals surface area contributed by atoms with Crippen LogP contribution in [0.15, 0.2) is 0 Å². The SMILES string of the molecule is Cc1nn(C)c(N2CCSC(C)(C)C2)c1CC(C)N. The van der Waals surface area contributed by atoms with Gasteiger partial charge in [-0.2, -0.15) is 16.9 Å². The van der Waals surface area contributed by atoms with Crippen molar-refractivity contribution in [3.05, 3.63) is 11.3 Å². The molecule has 1 aliphatic rings. The van der Waals surface area contributed by atoms with Crippen LogP contribution in [0, 0.1) is 6.92 Å². The molecular formula is C14H26N4S. The first kappa shape index (κ1) is 14.7. The molecule has 1 saturated heterocycles. The van der Waals surface area contributed by atoms with E-state index in [-0.39, 0.29) is 6.04 Å². The van der Waals surface area contributed by atoms with Gasteiger partial charge in [-0.05, 0) is 34.1 Å². The molecule has 0 amide bonds. The Morgan fingerprint density at radius 2 is 2.16 bits per heavy atom. The Morgan fingerprint density at radius 3 is 2.74 bits per heavy atom.